The van der Waals surface area contributed by atoms with Crippen LogP contribution in [0.3, 0.4) is 0 Å². The second kappa shape index (κ2) is 5.62. The zero-order valence-corrected chi connectivity index (χ0v) is 11.4. The molecular formula is C13H13N3O2S. The van der Waals surface area contributed by atoms with Gasteiger partial charge in [-0.2, -0.15) is 0 Å². The number of hydrogen-bond donors (Lipinski definition) is 2. The average Bonchev–Trinajstić information content (AvgIpc) is 2.86. The minimum absolute atomic E-state index is 0.147. The summed E-state index contributed by atoms with van der Waals surface area (Å²) >= 11 is 1.36. The van der Waals surface area contributed by atoms with Crippen LogP contribution in [0, 0.1) is 6.92 Å². The Morgan fingerprint density at radius 2 is 2.05 bits per heavy atom. The Morgan fingerprint density at radius 3 is 2.68 bits per heavy atom. The second-order valence-electron chi connectivity index (χ2n) is 4.04. The van der Waals surface area contributed by atoms with Crippen LogP contribution in [-0.4, -0.2) is 16.8 Å². The number of hydrogen-bond acceptors (Lipinski definition) is 4. The summed E-state index contributed by atoms with van der Waals surface area (Å²) in [5, 5.41) is 7.14. The Balaban J connectivity index is 2.17. The van der Waals surface area contributed by atoms with Crippen molar-refractivity contribution in [3.05, 3.63) is 40.3 Å². The lowest BCUT2D eigenvalue weighted by Crippen LogP contribution is -2.13. The number of rotatable bonds is 3. The smallest absolute Gasteiger partial charge is 0.275 e. The van der Waals surface area contributed by atoms with E-state index in [1.807, 2.05) is 13.0 Å². The van der Waals surface area contributed by atoms with Crippen LogP contribution in [0.2, 0.25) is 0 Å². The molecule has 2 amide bonds. The van der Waals surface area contributed by atoms with Crippen molar-refractivity contribution in [3.63, 3.8) is 0 Å². The van der Waals surface area contributed by atoms with Crippen molar-refractivity contribution in [2.45, 2.75) is 13.8 Å². The van der Waals surface area contributed by atoms with Crippen molar-refractivity contribution < 1.29 is 9.59 Å². The van der Waals surface area contributed by atoms with Gasteiger partial charge in [-0.25, -0.2) is 4.98 Å². The highest BCUT2D eigenvalue weighted by Gasteiger charge is 2.09. The Morgan fingerprint density at radius 1 is 1.26 bits per heavy atom. The molecule has 0 aliphatic carbocycles. The number of benzene rings is 1. The molecule has 98 valence electrons. The first-order chi connectivity index (χ1) is 9.06. The minimum atomic E-state index is -0.265. The van der Waals surface area contributed by atoms with Crippen molar-refractivity contribution in [2.75, 3.05) is 10.6 Å². The molecule has 0 aliphatic heterocycles. The van der Waals surface area contributed by atoms with Crippen molar-refractivity contribution in [1.82, 2.24) is 4.98 Å². The summed E-state index contributed by atoms with van der Waals surface area (Å²) in [5.41, 5.74) is 4.22. The van der Waals surface area contributed by atoms with E-state index in [0.717, 1.165) is 5.56 Å². The third-order valence-electron chi connectivity index (χ3n) is 2.47. The number of amides is 2. The predicted octanol–water partition coefficient (Wildman–Crippen LogP) is 2.66. The molecular weight excluding hydrogens is 262 g/mol. The number of anilines is 2. The highest BCUT2D eigenvalue weighted by atomic mass is 32.1. The van der Waals surface area contributed by atoms with Crippen LogP contribution in [0.4, 0.5) is 11.4 Å². The van der Waals surface area contributed by atoms with E-state index in [0.29, 0.717) is 17.1 Å². The molecule has 5 nitrogen and oxygen atoms in total. The van der Waals surface area contributed by atoms with Crippen molar-refractivity contribution >= 4 is 34.5 Å². The maximum Gasteiger partial charge on any atom is 0.275 e. The number of aromatic nitrogens is 1. The quantitative estimate of drug-likeness (QED) is 0.904. The third kappa shape index (κ3) is 3.38. The normalized spacial score (nSPS) is 10.0. The van der Waals surface area contributed by atoms with Gasteiger partial charge >= 0.3 is 0 Å². The van der Waals surface area contributed by atoms with Gasteiger partial charge in [-0.1, -0.05) is 6.07 Å². The molecule has 0 saturated heterocycles. The topological polar surface area (TPSA) is 71.1 Å². The Kier molecular flexibility index (Phi) is 3.91. The molecule has 19 heavy (non-hydrogen) atoms. The number of carbonyl (C=O) groups is 2. The van der Waals surface area contributed by atoms with E-state index in [9.17, 15) is 9.59 Å². The first-order valence-electron chi connectivity index (χ1n) is 5.64. The molecule has 0 fully saturated rings. The Labute approximate surface area is 114 Å². The zero-order chi connectivity index (χ0) is 13.8. The van der Waals surface area contributed by atoms with Gasteiger partial charge in [0, 0.05) is 23.7 Å². The molecule has 0 aliphatic rings. The van der Waals surface area contributed by atoms with Crippen LogP contribution in [0.5, 0.6) is 0 Å². The largest absolute Gasteiger partial charge is 0.326 e. The molecule has 1 aromatic carbocycles. The molecule has 0 unspecified atom stereocenters. The Bertz CT molecular complexity index is 608. The third-order valence-corrected chi connectivity index (χ3v) is 3.06. The van der Waals surface area contributed by atoms with E-state index in [4.69, 9.17) is 0 Å². The standard InChI is InChI=1S/C13H13N3O2S/c1-8-3-4-10(5-11(8)15-9(2)17)16-13(18)12-6-19-7-14-12/h3-7H,1-2H3,(H,15,17)(H,16,18). The number of nitrogens with one attached hydrogen (secondary N) is 2. The highest BCUT2D eigenvalue weighted by Crippen LogP contribution is 2.20. The fourth-order valence-electron chi connectivity index (χ4n) is 1.54. The van der Waals surface area contributed by atoms with Crippen LogP contribution in [-0.2, 0) is 4.79 Å². The monoisotopic (exact) mass is 275 g/mol. The number of thiazole rings is 1. The lowest BCUT2D eigenvalue weighted by Gasteiger charge is -2.09. The molecule has 0 spiro atoms. The molecule has 0 saturated carbocycles. The van der Waals surface area contributed by atoms with Crippen molar-refractivity contribution in [3.8, 4) is 0 Å². The molecule has 0 bridgehead atoms. The van der Waals surface area contributed by atoms with Crippen molar-refractivity contribution in [1.29, 1.82) is 0 Å². The maximum atomic E-state index is 11.8. The molecule has 2 aromatic rings. The highest BCUT2D eigenvalue weighted by molar-refractivity contribution is 7.07. The fourth-order valence-corrected chi connectivity index (χ4v) is 2.08. The van der Waals surface area contributed by atoms with Crippen LogP contribution in [0.1, 0.15) is 23.0 Å². The average molecular weight is 275 g/mol. The van der Waals surface area contributed by atoms with E-state index in [1.54, 1.807) is 23.0 Å². The van der Waals surface area contributed by atoms with Crippen molar-refractivity contribution in [2.24, 2.45) is 0 Å². The summed E-state index contributed by atoms with van der Waals surface area (Å²) in [5.74, 6) is -0.412. The fraction of sp³-hybridized carbons (Fsp3) is 0.154. The van der Waals surface area contributed by atoms with Crippen LogP contribution >= 0.6 is 11.3 Å². The molecule has 2 N–H and O–H groups in total. The molecule has 0 atom stereocenters. The molecule has 6 heteroatoms. The van der Waals surface area contributed by atoms with Gasteiger partial charge in [-0.3, -0.25) is 9.59 Å². The SMILES string of the molecule is CC(=O)Nc1cc(NC(=O)c2cscn2)ccc1C. The molecule has 2 rings (SSSR count). The first kappa shape index (κ1) is 13.2. The molecule has 0 radical (unpaired) electrons. The minimum Gasteiger partial charge on any atom is -0.326 e. The van der Waals surface area contributed by atoms with Gasteiger partial charge in [0.15, 0.2) is 0 Å². The zero-order valence-electron chi connectivity index (χ0n) is 10.6. The number of nitrogens with zero attached hydrogens (tertiary/aromatic N) is 1. The molecule has 1 aromatic heterocycles. The summed E-state index contributed by atoms with van der Waals surface area (Å²) in [6.07, 6.45) is 0. The lowest BCUT2D eigenvalue weighted by molar-refractivity contribution is -0.114. The van der Waals surface area contributed by atoms with Crippen LogP contribution < -0.4 is 10.6 Å². The maximum absolute atomic E-state index is 11.8. The van der Waals surface area contributed by atoms with Gasteiger partial charge in [0.05, 0.1) is 5.51 Å². The summed E-state index contributed by atoms with van der Waals surface area (Å²) in [6, 6.07) is 5.34. The van der Waals surface area contributed by atoms with Gasteiger partial charge in [-0.05, 0) is 24.6 Å². The summed E-state index contributed by atoms with van der Waals surface area (Å²) in [7, 11) is 0. The predicted molar refractivity (Wildman–Crippen MR) is 75.5 cm³/mol. The second-order valence-corrected chi connectivity index (χ2v) is 4.76. The van der Waals surface area contributed by atoms with Crippen LogP contribution in [0.15, 0.2) is 29.1 Å². The lowest BCUT2D eigenvalue weighted by atomic mass is 10.1. The van der Waals surface area contributed by atoms with E-state index in [-0.39, 0.29) is 11.8 Å². The van der Waals surface area contributed by atoms with Gasteiger partial charge in [0.25, 0.3) is 5.91 Å². The van der Waals surface area contributed by atoms with Gasteiger partial charge in [0.1, 0.15) is 5.69 Å². The van der Waals surface area contributed by atoms with Gasteiger partial charge in [-0.15, -0.1) is 11.3 Å². The van der Waals surface area contributed by atoms with E-state index >= 15 is 0 Å². The van der Waals surface area contributed by atoms with E-state index in [1.165, 1.54) is 18.3 Å². The van der Waals surface area contributed by atoms with E-state index in [2.05, 4.69) is 15.6 Å². The molecule has 1 heterocycles. The van der Waals surface area contributed by atoms with E-state index < -0.39 is 0 Å². The summed E-state index contributed by atoms with van der Waals surface area (Å²) in [4.78, 5) is 26.9. The Hall–Kier alpha value is -2.21. The number of carbonyl (C=O) groups excluding carboxylic acids is 2. The van der Waals surface area contributed by atoms with Gasteiger partial charge in [0.2, 0.25) is 5.91 Å². The van der Waals surface area contributed by atoms with Crippen LogP contribution in [0.25, 0.3) is 0 Å². The van der Waals surface area contributed by atoms with Gasteiger partial charge < -0.3 is 10.6 Å². The first-order valence-corrected chi connectivity index (χ1v) is 6.58. The number of aryl methyl sites for hydroxylation is 1. The summed E-state index contributed by atoms with van der Waals surface area (Å²) in [6.45, 7) is 3.33. The summed E-state index contributed by atoms with van der Waals surface area (Å²) < 4.78 is 0.